The lowest BCUT2D eigenvalue weighted by molar-refractivity contribution is 0.401. The van der Waals surface area contributed by atoms with E-state index in [-0.39, 0.29) is 5.11 Å². The largest absolute Gasteiger partial charge is 0.480 e. The first-order chi connectivity index (χ1) is 7.20. The van der Waals surface area contributed by atoms with E-state index in [0.29, 0.717) is 5.88 Å². The van der Waals surface area contributed by atoms with Crippen LogP contribution >= 0.6 is 12.2 Å². The molecule has 15 heavy (non-hydrogen) atoms. The topological polar surface area (TPSA) is 76.0 Å². The van der Waals surface area contributed by atoms with E-state index in [9.17, 15) is 0 Å². The number of anilines is 1. The third-order valence-electron chi connectivity index (χ3n) is 1.99. The highest BCUT2D eigenvalue weighted by atomic mass is 32.1. The van der Waals surface area contributed by atoms with Gasteiger partial charge in [-0.25, -0.2) is 0 Å². The highest BCUT2D eigenvalue weighted by molar-refractivity contribution is 7.80. The van der Waals surface area contributed by atoms with Crippen LogP contribution in [0.2, 0.25) is 0 Å². The number of aromatic amines is 1. The molecule has 0 radical (unpaired) electrons. The number of hydrogen-bond donors (Lipinski definition) is 3. The Labute approximate surface area is 91.6 Å². The van der Waals surface area contributed by atoms with Gasteiger partial charge in [0.15, 0.2) is 5.11 Å². The zero-order chi connectivity index (χ0) is 10.8. The third kappa shape index (κ3) is 1.84. The molecular formula is C9H10N4OS. The number of fused-ring (bicyclic) bond motifs is 1. The van der Waals surface area contributed by atoms with Crippen LogP contribution in [-0.4, -0.2) is 22.4 Å². The number of methoxy groups -OCH3 is 1. The molecule has 0 bridgehead atoms. The summed E-state index contributed by atoms with van der Waals surface area (Å²) in [5.41, 5.74) is 7.06. The molecule has 0 aliphatic rings. The molecule has 0 saturated heterocycles. The Morgan fingerprint density at radius 1 is 1.60 bits per heavy atom. The average Bonchev–Trinajstić information content (AvgIpc) is 2.58. The minimum atomic E-state index is 0.237. The second-order valence-corrected chi connectivity index (χ2v) is 3.42. The van der Waals surface area contributed by atoms with Crippen molar-refractivity contribution in [1.29, 1.82) is 0 Å². The van der Waals surface area contributed by atoms with Gasteiger partial charge in [-0.3, -0.25) is 5.10 Å². The van der Waals surface area contributed by atoms with Crippen molar-refractivity contribution < 1.29 is 4.74 Å². The summed E-state index contributed by atoms with van der Waals surface area (Å²) in [5, 5.41) is 10.9. The molecule has 0 aliphatic heterocycles. The normalized spacial score (nSPS) is 10.2. The summed E-state index contributed by atoms with van der Waals surface area (Å²) in [6.45, 7) is 0. The van der Waals surface area contributed by atoms with E-state index < -0.39 is 0 Å². The van der Waals surface area contributed by atoms with Crippen molar-refractivity contribution in [3.63, 3.8) is 0 Å². The molecule has 1 aromatic carbocycles. The maximum absolute atomic E-state index is 5.37. The molecule has 0 saturated carbocycles. The molecular weight excluding hydrogens is 212 g/mol. The molecule has 0 amide bonds. The molecule has 0 spiro atoms. The molecule has 0 unspecified atom stereocenters. The number of aromatic nitrogens is 2. The summed E-state index contributed by atoms with van der Waals surface area (Å²) in [4.78, 5) is 0. The van der Waals surface area contributed by atoms with Gasteiger partial charge in [-0.1, -0.05) is 0 Å². The van der Waals surface area contributed by atoms with Crippen LogP contribution < -0.4 is 15.8 Å². The Bertz CT molecular complexity index is 508. The lowest BCUT2D eigenvalue weighted by atomic mass is 10.2. The van der Waals surface area contributed by atoms with Crippen molar-refractivity contribution in [2.75, 3.05) is 12.4 Å². The molecule has 0 fully saturated rings. The van der Waals surface area contributed by atoms with E-state index in [1.54, 1.807) is 7.11 Å². The number of benzene rings is 1. The minimum absolute atomic E-state index is 0.237. The fourth-order valence-electron chi connectivity index (χ4n) is 1.37. The second-order valence-electron chi connectivity index (χ2n) is 2.98. The maximum atomic E-state index is 5.37. The second kappa shape index (κ2) is 3.74. The van der Waals surface area contributed by atoms with Gasteiger partial charge in [0.2, 0.25) is 5.88 Å². The van der Waals surface area contributed by atoms with Crippen LogP contribution in [0.5, 0.6) is 5.88 Å². The quantitative estimate of drug-likeness (QED) is 0.666. The van der Waals surface area contributed by atoms with Gasteiger partial charge in [0.25, 0.3) is 0 Å². The smallest absolute Gasteiger partial charge is 0.240 e. The van der Waals surface area contributed by atoms with Crippen molar-refractivity contribution >= 4 is 33.9 Å². The molecule has 4 N–H and O–H groups in total. The van der Waals surface area contributed by atoms with Crippen molar-refractivity contribution in [1.82, 2.24) is 10.2 Å². The molecule has 0 atom stereocenters. The predicted octanol–water partition coefficient (Wildman–Crippen LogP) is 1.23. The van der Waals surface area contributed by atoms with Crippen LogP contribution in [0.4, 0.5) is 5.69 Å². The fourth-order valence-corrected chi connectivity index (χ4v) is 1.49. The molecule has 6 heteroatoms. The fraction of sp³-hybridized carbons (Fsp3) is 0.111. The number of H-pyrrole nitrogens is 1. The van der Waals surface area contributed by atoms with Gasteiger partial charge in [-0.15, -0.1) is 5.10 Å². The van der Waals surface area contributed by atoms with Gasteiger partial charge in [0, 0.05) is 5.69 Å². The standard InChI is InChI=1S/C9H10N4OS/c1-14-8-6-3-2-5(11-9(10)15)4-7(6)12-13-8/h2-4H,1H3,(H,12,13)(H3,10,11,15). The minimum Gasteiger partial charge on any atom is -0.480 e. The molecule has 5 nitrogen and oxygen atoms in total. The predicted molar refractivity (Wildman–Crippen MR) is 63.1 cm³/mol. The summed E-state index contributed by atoms with van der Waals surface area (Å²) in [6.07, 6.45) is 0. The Hall–Kier alpha value is -1.82. The number of ether oxygens (including phenoxy) is 1. The van der Waals surface area contributed by atoms with Crippen molar-refractivity contribution in [2.45, 2.75) is 0 Å². The zero-order valence-electron chi connectivity index (χ0n) is 8.07. The van der Waals surface area contributed by atoms with Crippen molar-refractivity contribution in [3.05, 3.63) is 18.2 Å². The summed E-state index contributed by atoms with van der Waals surface area (Å²) >= 11 is 4.74. The van der Waals surface area contributed by atoms with E-state index in [1.165, 1.54) is 0 Å². The van der Waals surface area contributed by atoms with E-state index in [1.807, 2.05) is 18.2 Å². The number of hydrogen-bond acceptors (Lipinski definition) is 3. The van der Waals surface area contributed by atoms with Gasteiger partial charge < -0.3 is 15.8 Å². The Morgan fingerprint density at radius 3 is 3.07 bits per heavy atom. The molecule has 78 valence electrons. The van der Waals surface area contributed by atoms with E-state index >= 15 is 0 Å². The zero-order valence-corrected chi connectivity index (χ0v) is 8.89. The average molecular weight is 222 g/mol. The first-order valence-electron chi connectivity index (χ1n) is 4.29. The number of nitrogens with one attached hydrogen (secondary N) is 2. The maximum Gasteiger partial charge on any atom is 0.240 e. The highest BCUT2D eigenvalue weighted by Gasteiger charge is 2.05. The number of thiocarbonyl (C=S) groups is 1. The Morgan fingerprint density at radius 2 is 2.40 bits per heavy atom. The molecule has 0 aliphatic carbocycles. The molecule has 2 aromatic rings. The monoisotopic (exact) mass is 222 g/mol. The Kier molecular flexibility index (Phi) is 2.42. The summed E-state index contributed by atoms with van der Waals surface area (Å²) in [5.74, 6) is 0.576. The lowest BCUT2D eigenvalue weighted by Crippen LogP contribution is -2.18. The van der Waals surface area contributed by atoms with Gasteiger partial charge in [0.1, 0.15) is 0 Å². The summed E-state index contributed by atoms with van der Waals surface area (Å²) in [7, 11) is 1.58. The summed E-state index contributed by atoms with van der Waals surface area (Å²) in [6, 6.07) is 5.61. The first kappa shape index (κ1) is 9.72. The Balaban J connectivity index is 2.44. The van der Waals surface area contributed by atoms with Crippen LogP contribution in [0.1, 0.15) is 0 Å². The van der Waals surface area contributed by atoms with Gasteiger partial charge in [-0.2, -0.15) is 0 Å². The SMILES string of the molecule is COc1n[nH]c2cc(NC(N)=S)ccc12. The van der Waals surface area contributed by atoms with Gasteiger partial charge >= 0.3 is 0 Å². The first-order valence-corrected chi connectivity index (χ1v) is 4.70. The van der Waals surface area contributed by atoms with E-state index in [2.05, 4.69) is 15.5 Å². The highest BCUT2D eigenvalue weighted by Crippen LogP contribution is 2.24. The lowest BCUT2D eigenvalue weighted by Gasteiger charge is -2.02. The number of nitrogens with zero attached hydrogens (tertiary/aromatic N) is 1. The third-order valence-corrected chi connectivity index (χ3v) is 2.09. The van der Waals surface area contributed by atoms with Crippen molar-refractivity contribution in [3.8, 4) is 5.88 Å². The summed E-state index contributed by atoms with van der Waals surface area (Å²) < 4.78 is 5.08. The van der Waals surface area contributed by atoms with Crippen LogP contribution in [0.25, 0.3) is 10.9 Å². The van der Waals surface area contributed by atoms with E-state index in [4.69, 9.17) is 22.7 Å². The van der Waals surface area contributed by atoms with Crippen LogP contribution in [-0.2, 0) is 0 Å². The van der Waals surface area contributed by atoms with Crippen LogP contribution in [0.3, 0.4) is 0 Å². The molecule has 1 aromatic heterocycles. The number of nitrogens with two attached hydrogens (primary N) is 1. The molecule has 2 rings (SSSR count). The number of rotatable bonds is 2. The van der Waals surface area contributed by atoms with Crippen LogP contribution in [0, 0.1) is 0 Å². The van der Waals surface area contributed by atoms with Crippen molar-refractivity contribution in [2.24, 2.45) is 5.73 Å². The molecule has 1 heterocycles. The van der Waals surface area contributed by atoms with Gasteiger partial charge in [0.05, 0.1) is 18.0 Å². The van der Waals surface area contributed by atoms with E-state index in [0.717, 1.165) is 16.6 Å². The van der Waals surface area contributed by atoms with Crippen LogP contribution in [0.15, 0.2) is 18.2 Å². The van der Waals surface area contributed by atoms with Gasteiger partial charge in [-0.05, 0) is 30.4 Å².